The van der Waals surface area contributed by atoms with Gasteiger partial charge in [-0.3, -0.25) is 0 Å². The summed E-state index contributed by atoms with van der Waals surface area (Å²) < 4.78 is 5.70. The Hall–Kier alpha value is -1.32. The highest BCUT2D eigenvalue weighted by Crippen LogP contribution is 2.27. The summed E-state index contributed by atoms with van der Waals surface area (Å²) in [7, 11) is 0. The second-order valence-electron chi connectivity index (χ2n) is 4.46. The summed E-state index contributed by atoms with van der Waals surface area (Å²) in [6, 6.07) is 8.08. The Labute approximate surface area is 112 Å². The van der Waals surface area contributed by atoms with Gasteiger partial charge in [-0.1, -0.05) is 37.6 Å². The molecule has 0 amide bonds. The third-order valence-corrected chi connectivity index (χ3v) is 2.91. The molecule has 2 aromatic rings. The van der Waals surface area contributed by atoms with Crippen LogP contribution in [0.2, 0.25) is 5.02 Å². The van der Waals surface area contributed by atoms with Crippen LogP contribution < -0.4 is 5.32 Å². The minimum atomic E-state index is 0.475. The maximum atomic E-state index is 6.11. The van der Waals surface area contributed by atoms with Gasteiger partial charge in [0.2, 0.25) is 0 Å². The number of hydrogen-bond donors (Lipinski definition) is 1. The van der Waals surface area contributed by atoms with Crippen LogP contribution in [0.4, 0.5) is 0 Å². The second-order valence-corrected chi connectivity index (χ2v) is 4.86. The fraction of sp³-hybridized carbons (Fsp3) is 0.357. The third-order valence-electron chi connectivity index (χ3n) is 2.58. The highest BCUT2D eigenvalue weighted by molar-refractivity contribution is 6.33. The molecule has 0 radical (unpaired) electrons. The Morgan fingerprint density at radius 2 is 2.11 bits per heavy atom. The van der Waals surface area contributed by atoms with E-state index in [4.69, 9.17) is 16.0 Å². The van der Waals surface area contributed by atoms with Crippen LogP contribution in [0, 0.1) is 0 Å². The average Bonchev–Trinajstić information content (AvgIpc) is 2.78. The summed E-state index contributed by atoms with van der Waals surface area (Å²) in [6.45, 7) is 5.09. The van der Waals surface area contributed by atoms with Crippen LogP contribution in [-0.2, 0) is 6.42 Å². The molecule has 0 saturated heterocycles. The van der Waals surface area contributed by atoms with E-state index in [-0.39, 0.29) is 0 Å². The maximum absolute atomic E-state index is 6.11. The highest BCUT2D eigenvalue weighted by Gasteiger charge is 2.09. The van der Waals surface area contributed by atoms with Crippen LogP contribution in [0.3, 0.4) is 0 Å². The van der Waals surface area contributed by atoms with Gasteiger partial charge in [0.15, 0.2) is 11.7 Å². The number of nitrogens with one attached hydrogen (secondary N) is 1. The lowest BCUT2D eigenvalue weighted by Gasteiger charge is -2.05. The SMILES string of the molecule is CC(C)NCCc1ncc(-c2ccccc2Cl)o1. The fourth-order valence-corrected chi connectivity index (χ4v) is 1.91. The topological polar surface area (TPSA) is 38.1 Å². The number of rotatable bonds is 5. The van der Waals surface area contributed by atoms with E-state index in [1.165, 1.54) is 0 Å². The molecule has 0 atom stereocenters. The molecule has 1 aromatic carbocycles. The molecule has 0 unspecified atom stereocenters. The number of hydrogen-bond acceptors (Lipinski definition) is 3. The molecular formula is C14H17ClN2O. The molecule has 0 aliphatic heterocycles. The van der Waals surface area contributed by atoms with Crippen LogP contribution in [0.1, 0.15) is 19.7 Å². The van der Waals surface area contributed by atoms with Gasteiger partial charge in [0.1, 0.15) is 0 Å². The van der Waals surface area contributed by atoms with Crippen LogP contribution >= 0.6 is 11.6 Å². The minimum absolute atomic E-state index is 0.475. The predicted molar refractivity (Wildman–Crippen MR) is 73.8 cm³/mol. The first-order chi connectivity index (χ1) is 8.66. The Balaban J connectivity index is 2.04. The fourth-order valence-electron chi connectivity index (χ4n) is 1.68. The summed E-state index contributed by atoms with van der Waals surface area (Å²) >= 11 is 6.11. The quantitative estimate of drug-likeness (QED) is 0.898. The molecule has 2 rings (SSSR count). The number of oxazole rings is 1. The van der Waals surface area contributed by atoms with Crippen molar-refractivity contribution in [2.24, 2.45) is 0 Å². The Morgan fingerprint density at radius 3 is 2.83 bits per heavy atom. The van der Waals surface area contributed by atoms with Gasteiger partial charge in [-0.05, 0) is 12.1 Å². The molecular weight excluding hydrogens is 248 g/mol. The normalized spacial score (nSPS) is 11.1. The van der Waals surface area contributed by atoms with E-state index in [0.717, 1.165) is 30.2 Å². The molecule has 18 heavy (non-hydrogen) atoms. The Morgan fingerprint density at radius 1 is 1.33 bits per heavy atom. The van der Waals surface area contributed by atoms with Crippen molar-refractivity contribution in [3.63, 3.8) is 0 Å². The van der Waals surface area contributed by atoms with E-state index in [1.54, 1.807) is 6.20 Å². The van der Waals surface area contributed by atoms with Gasteiger partial charge in [0.25, 0.3) is 0 Å². The van der Waals surface area contributed by atoms with E-state index in [1.807, 2.05) is 24.3 Å². The van der Waals surface area contributed by atoms with Crippen molar-refractivity contribution >= 4 is 11.6 Å². The highest BCUT2D eigenvalue weighted by atomic mass is 35.5. The Bertz CT molecular complexity index is 508. The van der Waals surface area contributed by atoms with Crippen molar-refractivity contribution < 1.29 is 4.42 Å². The molecule has 1 N–H and O–H groups in total. The molecule has 0 spiro atoms. The summed E-state index contributed by atoms with van der Waals surface area (Å²) in [5, 5.41) is 4.01. The molecule has 4 heteroatoms. The van der Waals surface area contributed by atoms with E-state index >= 15 is 0 Å². The van der Waals surface area contributed by atoms with Gasteiger partial charge < -0.3 is 9.73 Å². The average molecular weight is 265 g/mol. The van der Waals surface area contributed by atoms with Crippen LogP contribution in [-0.4, -0.2) is 17.6 Å². The van der Waals surface area contributed by atoms with E-state index in [2.05, 4.69) is 24.1 Å². The van der Waals surface area contributed by atoms with Gasteiger partial charge >= 0.3 is 0 Å². The molecule has 1 aromatic heterocycles. The lowest BCUT2D eigenvalue weighted by molar-refractivity contribution is 0.485. The number of aromatic nitrogens is 1. The second kappa shape index (κ2) is 6.03. The van der Waals surface area contributed by atoms with E-state index < -0.39 is 0 Å². The summed E-state index contributed by atoms with van der Waals surface area (Å²) in [5.74, 6) is 1.46. The van der Waals surface area contributed by atoms with Crippen molar-refractivity contribution in [3.05, 3.63) is 41.4 Å². The zero-order chi connectivity index (χ0) is 13.0. The van der Waals surface area contributed by atoms with Gasteiger partial charge in [0, 0.05) is 24.6 Å². The van der Waals surface area contributed by atoms with Crippen LogP contribution in [0.15, 0.2) is 34.9 Å². The van der Waals surface area contributed by atoms with Crippen LogP contribution in [0.25, 0.3) is 11.3 Å². The number of nitrogens with zero attached hydrogens (tertiary/aromatic N) is 1. The summed E-state index contributed by atoms with van der Waals surface area (Å²) in [6.07, 6.45) is 2.51. The van der Waals surface area contributed by atoms with Gasteiger partial charge in [0.05, 0.1) is 11.2 Å². The number of halogens is 1. The first-order valence-electron chi connectivity index (χ1n) is 6.10. The monoisotopic (exact) mass is 264 g/mol. The van der Waals surface area contributed by atoms with Crippen molar-refractivity contribution in [1.29, 1.82) is 0 Å². The predicted octanol–water partition coefficient (Wildman–Crippen LogP) is 3.54. The van der Waals surface area contributed by atoms with Gasteiger partial charge in [-0.25, -0.2) is 4.98 Å². The lowest BCUT2D eigenvalue weighted by atomic mass is 10.2. The number of benzene rings is 1. The molecule has 1 heterocycles. The van der Waals surface area contributed by atoms with Crippen LogP contribution in [0.5, 0.6) is 0 Å². The summed E-state index contributed by atoms with van der Waals surface area (Å²) in [4.78, 5) is 4.27. The largest absolute Gasteiger partial charge is 0.441 e. The standard InChI is InChI=1S/C14H17ClN2O/c1-10(2)16-8-7-14-17-9-13(18-14)11-5-3-4-6-12(11)15/h3-6,9-10,16H,7-8H2,1-2H3. The molecule has 0 bridgehead atoms. The minimum Gasteiger partial charge on any atom is -0.441 e. The molecule has 0 fully saturated rings. The maximum Gasteiger partial charge on any atom is 0.196 e. The van der Waals surface area contributed by atoms with Gasteiger partial charge in [-0.2, -0.15) is 0 Å². The van der Waals surface area contributed by atoms with E-state index in [0.29, 0.717) is 11.1 Å². The zero-order valence-electron chi connectivity index (χ0n) is 10.6. The van der Waals surface area contributed by atoms with Crippen molar-refractivity contribution in [2.45, 2.75) is 26.3 Å². The zero-order valence-corrected chi connectivity index (χ0v) is 11.4. The molecule has 3 nitrogen and oxygen atoms in total. The first-order valence-corrected chi connectivity index (χ1v) is 6.47. The molecule has 96 valence electrons. The smallest absolute Gasteiger partial charge is 0.196 e. The first kappa shape index (κ1) is 13.1. The van der Waals surface area contributed by atoms with Crippen molar-refractivity contribution in [3.8, 4) is 11.3 Å². The third kappa shape index (κ3) is 3.34. The molecule has 0 aliphatic rings. The van der Waals surface area contributed by atoms with Crippen molar-refractivity contribution in [1.82, 2.24) is 10.3 Å². The van der Waals surface area contributed by atoms with Gasteiger partial charge in [-0.15, -0.1) is 0 Å². The van der Waals surface area contributed by atoms with E-state index in [9.17, 15) is 0 Å². The summed E-state index contributed by atoms with van der Waals surface area (Å²) in [5.41, 5.74) is 0.884. The molecule has 0 saturated carbocycles. The molecule has 0 aliphatic carbocycles. The van der Waals surface area contributed by atoms with Crippen molar-refractivity contribution in [2.75, 3.05) is 6.54 Å². The lowest BCUT2D eigenvalue weighted by Crippen LogP contribution is -2.24. The Kier molecular flexibility index (Phi) is 4.39.